The number of benzene rings is 1. The van der Waals surface area contributed by atoms with Crippen LogP contribution in [0.3, 0.4) is 0 Å². The molecule has 2 rings (SSSR count). The van der Waals surface area contributed by atoms with E-state index >= 15 is 0 Å². The number of hydrogen-bond acceptors (Lipinski definition) is 2. The van der Waals surface area contributed by atoms with Crippen LogP contribution in [0.25, 0.3) is 10.9 Å². The van der Waals surface area contributed by atoms with Crippen molar-refractivity contribution in [3.63, 3.8) is 0 Å². The number of fused-ring (bicyclic) bond motifs is 1. The standard InChI is InChI=1S/C21H36N2OSi/c1-15(2)25(16(3)4,17(5)6)24-20-11-9-10-19-21(20)18(14-22-19)12-13-23(7)8/h9-11,14-17,22H,12-13H2,1-8H3. The SMILES string of the molecule is CC(C)[Si](Oc1cccc2[nH]cc(CCN(C)C)c12)(C(C)C)C(C)C. The smallest absolute Gasteiger partial charge is 0.258 e. The second-order valence-electron chi connectivity index (χ2n) is 8.47. The van der Waals surface area contributed by atoms with Gasteiger partial charge in [-0.15, -0.1) is 0 Å². The summed E-state index contributed by atoms with van der Waals surface area (Å²) in [5, 5.41) is 1.28. The Bertz CT molecular complexity index is 666. The van der Waals surface area contributed by atoms with E-state index < -0.39 is 8.32 Å². The van der Waals surface area contributed by atoms with Crippen LogP contribution in [-0.2, 0) is 6.42 Å². The highest BCUT2D eigenvalue weighted by molar-refractivity contribution is 6.78. The fraction of sp³-hybridized carbons (Fsp3) is 0.619. The molecule has 140 valence electrons. The molecule has 0 radical (unpaired) electrons. The van der Waals surface area contributed by atoms with Gasteiger partial charge in [0.15, 0.2) is 0 Å². The molecule has 0 saturated carbocycles. The Morgan fingerprint density at radius 2 is 1.60 bits per heavy atom. The lowest BCUT2D eigenvalue weighted by molar-refractivity contribution is 0.414. The predicted octanol–water partition coefficient (Wildman–Crippen LogP) is 5.83. The van der Waals surface area contributed by atoms with E-state index in [-0.39, 0.29) is 0 Å². The summed E-state index contributed by atoms with van der Waals surface area (Å²) in [5.41, 5.74) is 4.27. The minimum Gasteiger partial charge on any atom is -0.542 e. The number of H-pyrrole nitrogens is 1. The summed E-state index contributed by atoms with van der Waals surface area (Å²) < 4.78 is 7.01. The number of nitrogens with one attached hydrogen (secondary N) is 1. The summed E-state index contributed by atoms with van der Waals surface area (Å²) in [6.07, 6.45) is 3.19. The Hall–Kier alpha value is -1.26. The van der Waals surface area contributed by atoms with Crippen molar-refractivity contribution >= 4 is 19.2 Å². The van der Waals surface area contributed by atoms with Crippen LogP contribution in [0.1, 0.15) is 47.1 Å². The Morgan fingerprint density at radius 1 is 1.00 bits per heavy atom. The molecule has 1 N–H and O–H groups in total. The molecule has 0 unspecified atom stereocenters. The maximum atomic E-state index is 7.01. The van der Waals surface area contributed by atoms with Crippen molar-refractivity contribution in [2.45, 2.75) is 64.6 Å². The zero-order valence-electron chi connectivity index (χ0n) is 17.3. The fourth-order valence-corrected chi connectivity index (χ4v) is 9.65. The van der Waals surface area contributed by atoms with Crippen LogP contribution in [0.2, 0.25) is 16.6 Å². The molecule has 0 atom stereocenters. The number of likely N-dealkylation sites (N-methyl/N-ethyl adjacent to an activating group) is 1. The van der Waals surface area contributed by atoms with Crippen molar-refractivity contribution in [3.8, 4) is 5.75 Å². The van der Waals surface area contributed by atoms with Gasteiger partial charge in [0.05, 0.1) is 0 Å². The fourth-order valence-electron chi connectivity index (χ4n) is 4.39. The number of aromatic nitrogens is 1. The lowest BCUT2D eigenvalue weighted by Gasteiger charge is -2.42. The minimum absolute atomic E-state index is 0.576. The molecule has 3 nitrogen and oxygen atoms in total. The van der Waals surface area contributed by atoms with E-state index in [0.29, 0.717) is 16.6 Å². The summed E-state index contributed by atoms with van der Waals surface area (Å²) in [4.78, 5) is 5.68. The van der Waals surface area contributed by atoms with Crippen LogP contribution in [0.5, 0.6) is 5.75 Å². The van der Waals surface area contributed by atoms with Crippen LogP contribution in [-0.4, -0.2) is 38.8 Å². The van der Waals surface area contributed by atoms with Crippen LogP contribution in [0.15, 0.2) is 24.4 Å². The Balaban J connectivity index is 2.50. The third-order valence-corrected chi connectivity index (χ3v) is 11.6. The topological polar surface area (TPSA) is 28.3 Å². The maximum Gasteiger partial charge on any atom is 0.258 e. The first-order valence-electron chi connectivity index (χ1n) is 9.62. The molecule has 0 spiro atoms. The van der Waals surface area contributed by atoms with Crippen LogP contribution in [0.4, 0.5) is 0 Å². The summed E-state index contributed by atoms with van der Waals surface area (Å²) in [6, 6.07) is 6.44. The largest absolute Gasteiger partial charge is 0.542 e. The van der Waals surface area contributed by atoms with Gasteiger partial charge in [-0.05, 0) is 54.8 Å². The lowest BCUT2D eigenvalue weighted by Crippen LogP contribution is -2.50. The van der Waals surface area contributed by atoms with E-state index in [9.17, 15) is 0 Å². The van der Waals surface area contributed by atoms with Gasteiger partial charge in [-0.2, -0.15) is 0 Å². The Morgan fingerprint density at radius 3 is 2.12 bits per heavy atom. The second kappa shape index (κ2) is 7.96. The molecule has 25 heavy (non-hydrogen) atoms. The average Bonchev–Trinajstić information content (AvgIpc) is 2.93. The summed E-state index contributed by atoms with van der Waals surface area (Å²) in [5.74, 6) is 1.08. The second-order valence-corrected chi connectivity index (χ2v) is 13.8. The molecule has 4 heteroatoms. The van der Waals surface area contributed by atoms with Crippen LogP contribution < -0.4 is 4.43 Å². The van der Waals surface area contributed by atoms with Crippen molar-refractivity contribution in [2.75, 3.05) is 20.6 Å². The van der Waals surface area contributed by atoms with Crippen molar-refractivity contribution in [3.05, 3.63) is 30.0 Å². The predicted molar refractivity (Wildman–Crippen MR) is 112 cm³/mol. The van der Waals surface area contributed by atoms with Crippen LogP contribution in [0, 0.1) is 0 Å². The quantitative estimate of drug-likeness (QED) is 0.600. The van der Waals surface area contributed by atoms with Gasteiger partial charge in [0.2, 0.25) is 0 Å². The van der Waals surface area contributed by atoms with Gasteiger partial charge in [0, 0.05) is 23.6 Å². The Labute approximate surface area is 154 Å². The van der Waals surface area contributed by atoms with Gasteiger partial charge in [0.1, 0.15) is 5.75 Å². The molecular formula is C21H36N2OSi. The van der Waals surface area contributed by atoms with E-state index in [1.807, 2.05) is 0 Å². The van der Waals surface area contributed by atoms with Crippen molar-refractivity contribution in [1.29, 1.82) is 0 Å². The highest BCUT2D eigenvalue weighted by Crippen LogP contribution is 2.44. The monoisotopic (exact) mass is 360 g/mol. The van der Waals surface area contributed by atoms with E-state index in [1.54, 1.807) is 0 Å². The molecule has 1 heterocycles. The summed E-state index contributed by atoms with van der Waals surface area (Å²) >= 11 is 0. The maximum absolute atomic E-state index is 7.01. The van der Waals surface area contributed by atoms with E-state index in [4.69, 9.17) is 4.43 Å². The number of rotatable bonds is 8. The van der Waals surface area contributed by atoms with Gasteiger partial charge in [-0.3, -0.25) is 0 Å². The molecule has 0 aliphatic rings. The van der Waals surface area contributed by atoms with Crippen LogP contribution >= 0.6 is 0 Å². The Kier molecular flexibility index (Phi) is 6.39. The summed E-state index contributed by atoms with van der Waals surface area (Å²) in [7, 11) is 2.30. The van der Waals surface area contributed by atoms with Gasteiger partial charge in [-0.25, -0.2) is 0 Å². The highest BCUT2D eigenvalue weighted by atomic mass is 28.4. The molecule has 1 aromatic carbocycles. The van der Waals surface area contributed by atoms with Gasteiger partial charge >= 0.3 is 0 Å². The lowest BCUT2D eigenvalue weighted by atomic mass is 10.1. The molecule has 0 bridgehead atoms. The molecule has 1 aromatic heterocycles. The summed E-state index contributed by atoms with van der Waals surface area (Å²) in [6.45, 7) is 15.1. The third kappa shape index (κ3) is 3.95. The molecule has 0 aliphatic carbocycles. The van der Waals surface area contributed by atoms with E-state index in [2.05, 4.69) is 89.9 Å². The van der Waals surface area contributed by atoms with E-state index in [0.717, 1.165) is 18.7 Å². The highest BCUT2D eigenvalue weighted by Gasteiger charge is 2.47. The first-order chi connectivity index (χ1) is 11.7. The number of aromatic amines is 1. The first-order valence-corrected chi connectivity index (χ1v) is 11.8. The van der Waals surface area contributed by atoms with Gasteiger partial charge < -0.3 is 14.3 Å². The molecular weight excluding hydrogens is 324 g/mol. The first kappa shape index (κ1) is 20.1. The van der Waals surface area contributed by atoms with Crippen molar-refractivity contribution in [2.24, 2.45) is 0 Å². The van der Waals surface area contributed by atoms with Gasteiger partial charge in [-0.1, -0.05) is 47.6 Å². The number of nitrogens with zero attached hydrogens (tertiary/aromatic N) is 1. The zero-order valence-corrected chi connectivity index (χ0v) is 18.3. The number of hydrogen-bond donors (Lipinski definition) is 1. The normalized spacial score (nSPS) is 13.0. The zero-order chi connectivity index (χ0) is 18.8. The van der Waals surface area contributed by atoms with E-state index in [1.165, 1.54) is 16.5 Å². The molecule has 0 fully saturated rings. The molecule has 0 saturated heterocycles. The third-order valence-electron chi connectivity index (χ3n) is 5.57. The van der Waals surface area contributed by atoms with Gasteiger partial charge in [0.25, 0.3) is 8.32 Å². The van der Waals surface area contributed by atoms with Crippen molar-refractivity contribution in [1.82, 2.24) is 9.88 Å². The molecule has 0 amide bonds. The minimum atomic E-state index is -1.95. The molecule has 2 aromatic rings. The average molecular weight is 361 g/mol. The van der Waals surface area contributed by atoms with Crippen molar-refractivity contribution < 1.29 is 4.43 Å². The molecule has 0 aliphatic heterocycles.